The predicted molar refractivity (Wildman–Crippen MR) is 77.0 cm³/mol. The highest BCUT2D eigenvalue weighted by molar-refractivity contribution is 5.86. The van der Waals surface area contributed by atoms with Crippen molar-refractivity contribution in [3.8, 4) is 0 Å². The van der Waals surface area contributed by atoms with E-state index in [2.05, 4.69) is 5.32 Å². The van der Waals surface area contributed by atoms with E-state index in [0.29, 0.717) is 17.5 Å². The lowest BCUT2D eigenvalue weighted by Crippen LogP contribution is -2.52. The van der Waals surface area contributed by atoms with Gasteiger partial charge in [0.05, 0.1) is 6.04 Å². The number of nitrogens with one attached hydrogen (secondary N) is 1. The van der Waals surface area contributed by atoms with E-state index in [4.69, 9.17) is 0 Å². The van der Waals surface area contributed by atoms with Crippen molar-refractivity contribution < 1.29 is 13.6 Å². The molecule has 114 valence electrons. The zero-order valence-corrected chi connectivity index (χ0v) is 12.1. The lowest BCUT2D eigenvalue weighted by Gasteiger charge is -2.40. The topological polar surface area (TPSA) is 29.1 Å². The maximum absolute atomic E-state index is 13.2. The lowest BCUT2D eigenvalue weighted by atomic mass is 9.77. The number of Topliss-reactive ketones (excluding diaryl/α,β-unsaturated/α-hetero) is 1. The van der Waals surface area contributed by atoms with Gasteiger partial charge in [-0.2, -0.15) is 0 Å². The lowest BCUT2D eigenvalue weighted by molar-refractivity contribution is -0.121. The molecule has 1 N–H and O–H groups in total. The molecule has 1 heterocycles. The van der Waals surface area contributed by atoms with E-state index in [1.54, 1.807) is 0 Å². The number of rotatable bonds is 3. The monoisotopic (exact) mass is 293 g/mol. The average Bonchev–Trinajstić information content (AvgIpc) is 2.50. The molecule has 2 nitrogen and oxygen atoms in total. The summed E-state index contributed by atoms with van der Waals surface area (Å²) in [6.45, 7) is 0. The molecular formula is C17H21F2NO. The molecule has 3 unspecified atom stereocenters. The zero-order chi connectivity index (χ0) is 14.8. The van der Waals surface area contributed by atoms with Crippen LogP contribution in [0.1, 0.15) is 44.1 Å². The number of hydrogen-bond acceptors (Lipinski definition) is 2. The first-order chi connectivity index (χ1) is 10.1. The van der Waals surface area contributed by atoms with Crippen molar-refractivity contribution in [2.45, 2.75) is 57.0 Å². The van der Waals surface area contributed by atoms with Crippen molar-refractivity contribution in [3.05, 3.63) is 35.4 Å². The summed E-state index contributed by atoms with van der Waals surface area (Å²) in [6.07, 6.45) is 7.09. The molecule has 2 aliphatic rings. The van der Waals surface area contributed by atoms with Crippen LogP contribution in [0.15, 0.2) is 18.2 Å². The number of halogens is 2. The molecule has 1 saturated carbocycles. The maximum atomic E-state index is 13.2. The summed E-state index contributed by atoms with van der Waals surface area (Å²) >= 11 is 0. The Kier molecular flexibility index (Phi) is 4.34. The Morgan fingerprint density at radius 2 is 1.90 bits per heavy atom. The molecule has 0 spiro atoms. The second-order valence-electron chi connectivity index (χ2n) is 6.34. The van der Waals surface area contributed by atoms with Gasteiger partial charge in [-0.05, 0) is 49.3 Å². The molecule has 0 aromatic heterocycles. The van der Waals surface area contributed by atoms with Crippen LogP contribution in [0.25, 0.3) is 0 Å². The summed E-state index contributed by atoms with van der Waals surface area (Å²) in [7, 11) is 0. The van der Waals surface area contributed by atoms with Crippen LogP contribution in [0.4, 0.5) is 8.78 Å². The van der Waals surface area contributed by atoms with Crippen molar-refractivity contribution >= 4 is 5.78 Å². The molecule has 1 aromatic rings. The predicted octanol–water partition coefficient (Wildman–Crippen LogP) is 3.39. The van der Waals surface area contributed by atoms with Gasteiger partial charge in [-0.1, -0.05) is 18.9 Å². The van der Waals surface area contributed by atoms with Crippen molar-refractivity contribution in [2.75, 3.05) is 0 Å². The molecule has 1 aliphatic heterocycles. The van der Waals surface area contributed by atoms with Gasteiger partial charge < -0.3 is 5.32 Å². The number of hydrogen-bond donors (Lipinski definition) is 1. The zero-order valence-electron chi connectivity index (χ0n) is 12.1. The second kappa shape index (κ2) is 6.22. The van der Waals surface area contributed by atoms with Crippen LogP contribution in [-0.2, 0) is 11.2 Å². The van der Waals surface area contributed by atoms with Crippen LogP contribution in [-0.4, -0.2) is 17.9 Å². The number of ketones is 1. The Labute approximate surface area is 123 Å². The van der Waals surface area contributed by atoms with Crippen molar-refractivity contribution in [1.82, 2.24) is 5.32 Å². The molecule has 0 amide bonds. The standard InChI is InChI=1S/C17H21F2NO/c18-13-7-5-11(9-14(13)19)10-17(21)16-8-6-12-3-1-2-4-15(12)20-16/h5,7,9,12,15-16,20H,1-4,6,8,10H2. The molecule has 21 heavy (non-hydrogen) atoms. The quantitative estimate of drug-likeness (QED) is 0.925. The molecular weight excluding hydrogens is 272 g/mol. The third kappa shape index (κ3) is 3.31. The average molecular weight is 293 g/mol. The van der Waals surface area contributed by atoms with Gasteiger partial charge in [0.2, 0.25) is 0 Å². The van der Waals surface area contributed by atoms with E-state index in [1.165, 1.54) is 25.3 Å². The normalized spacial score (nSPS) is 29.0. The summed E-state index contributed by atoms with van der Waals surface area (Å²) < 4.78 is 26.1. The van der Waals surface area contributed by atoms with Gasteiger partial charge in [0.1, 0.15) is 0 Å². The van der Waals surface area contributed by atoms with Gasteiger partial charge in [0.15, 0.2) is 17.4 Å². The van der Waals surface area contributed by atoms with Crippen LogP contribution < -0.4 is 5.32 Å². The molecule has 3 rings (SSSR count). The Hall–Kier alpha value is -1.29. The summed E-state index contributed by atoms with van der Waals surface area (Å²) in [6, 6.07) is 4.04. The Morgan fingerprint density at radius 3 is 2.71 bits per heavy atom. The Morgan fingerprint density at radius 1 is 1.10 bits per heavy atom. The Balaban J connectivity index is 1.61. The second-order valence-corrected chi connectivity index (χ2v) is 6.34. The van der Waals surface area contributed by atoms with Crippen molar-refractivity contribution in [2.24, 2.45) is 5.92 Å². The minimum Gasteiger partial charge on any atom is -0.304 e. The SMILES string of the molecule is O=C(Cc1ccc(F)c(F)c1)C1CCC2CCCCC2N1. The first-order valence-electron chi connectivity index (χ1n) is 7.86. The minimum absolute atomic E-state index is 0.0880. The summed E-state index contributed by atoms with van der Waals surface area (Å²) in [4.78, 5) is 12.4. The molecule has 1 saturated heterocycles. The third-order valence-corrected chi connectivity index (χ3v) is 4.90. The molecule has 0 radical (unpaired) electrons. The highest BCUT2D eigenvalue weighted by atomic mass is 19.2. The summed E-state index contributed by atoms with van der Waals surface area (Å²) in [5, 5.41) is 3.48. The first kappa shape index (κ1) is 14.6. The fourth-order valence-electron chi connectivity index (χ4n) is 3.72. The minimum atomic E-state index is -0.885. The first-order valence-corrected chi connectivity index (χ1v) is 7.86. The number of carbonyl (C=O) groups excluding carboxylic acids is 1. The van der Waals surface area contributed by atoms with Gasteiger partial charge >= 0.3 is 0 Å². The fourth-order valence-corrected chi connectivity index (χ4v) is 3.72. The van der Waals surface area contributed by atoms with Crippen LogP contribution in [0, 0.1) is 17.6 Å². The number of benzene rings is 1. The summed E-state index contributed by atoms with van der Waals surface area (Å²) in [5.41, 5.74) is 0.548. The molecule has 4 heteroatoms. The highest BCUT2D eigenvalue weighted by Crippen LogP contribution is 2.32. The van der Waals surface area contributed by atoms with Gasteiger partial charge in [0.25, 0.3) is 0 Å². The van der Waals surface area contributed by atoms with E-state index in [-0.39, 0.29) is 18.2 Å². The van der Waals surface area contributed by atoms with E-state index < -0.39 is 11.6 Å². The molecule has 2 fully saturated rings. The van der Waals surface area contributed by atoms with Gasteiger partial charge in [0, 0.05) is 12.5 Å². The van der Waals surface area contributed by atoms with E-state index in [0.717, 1.165) is 31.4 Å². The number of fused-ring (bicyclic) bond motifs is 1. The fraction of sp³-hybridized carbons (Fsp3) is 0.588. The maximum Gasteiger partial charge on any atom is 0.159 e. The number of piperidine rings is 1. The summed E-state index contributed by atoms with van der Waals surface area (Å²) in [5.74, 6) is -0.951. The molecule has 1 aliphatic carbocycles. The van der Waals surface area contributed by atoms with E-state index >= 15 is 0 Å². The Bertz CT molecular complexity index is 532. The highest BCUT2D eigenvalue weighted by Gasteiger charge is 2.34. The molecule has 3 atom stereocenters. The van der Waals surface area contributed by atoms with Crippen LogP contribution >= 0.6 is 0 Å². The van der Waals surface area contributed by atoms with Gasteiger partial charge in [-0.3, -0.25) is 4.79 Å². The molecule has 0 bridgehead atoms. The molecule has 1 aromatic carbocycles. The van der Waals surface area contributed by atoms with Gasteiger partial charge in [-0.15, -0.1) is 0 Å². The largest absolute Gasteiger partial charge is 0.304 e. The van der Waals surface area contributed by atoms with E-state index in [1.807, 2.05) is 0 Å². The van der Waals surface area contributed by atoms with Crippen LogP contribution in [0.5, 0.6) is 0 Å². The van der Waals surface area contributed by atoms with Crippen molar-refractivity contribution in [3.63, 3.8) is 0 Å². The third-order valence-electron chi connectivity index (χ3n) is 4.90. The van der Waals surface area contributed by atoms with Crippen LogP contribution in [0.2, 0.25) is 0 Å². The smallest absolute Gasteiger partial charge is 0.159 e. The van der Waals surface area contributed by atoms with Gasteiger partial charge in [-0.25, -0.2) is 8.78 Å². The van der Waals surface area contributed by atoms with E-state index in [9.17, 15) is 13.6 Å². The van der Waals surface area contributed by atoms with Crippen molar-refractivity contribution in [1.29, 1.82) is 0 Å². The number of carbonyl (C=O) groups is 1. The van der Waals surface area contributed by atoms with Crippen LogP contribution in [0.3, 0.4) is 0 Å².